The summed E-state index contributed by atoms with van der Waals surface area (Å²) in [5.41, 5.74) is 0.950. The lowest BCUT2D eigenvalue weighted by atomic mass is 9.93. The van der Waals surface area contributed by atoms with Gasteiger partial charge in [-0.1, -0.05) is 6.07 Å². The van der Waals surface area contributed by atoms with Gasteiger partial charge in [0.25, 0.3) is 0 Å². The van der Waals surface area contributed by atoms with Gasteiger partial charge in [0, 0.05) is 28.9 Å². The lowest BCUT2D eigenvalue weighted by Gasteiger charge is -2.30. The van der Waals surface area contributed by atoms with Crippen molar-refractivity contribution < 1.29 is 4.79 Å². The van der Waals surface area contributed by atoms with E-state index in [2.05, 4.69) is 36.0 Å². The summed E-state index contributed by atoms with van der Waals surface area (Å²) >= 11 is 1.77. The molecule has 1 aliphatic heterocycles. The molecular formula is C21H29N3OS. The first kappa shape index (κ1) is 19.1. The average molecular weight is 372 g/mol. The Hall–Kier alpha value is -1.72. The van der Waals surface area contributed by atoms with Gasteiger partial charge in [0.1, 0.15) is 0 Å². The predicted octanol–water partition coefficient (Wildman–Crippen LogP) is 4.10. The van der Waals surface area contributed by atoms with E-state index < -0.39 is 0 Å². The van der Waals surface area contributed by atoms with Crippen molar-refractivity contribution in [2.75, 3.05) is 20.1 Å². The third-order valence-corrected chi connectivity index (χ3v) is 6.05. The minimum atomic E-state index is 0.245. The van der Waals surface area contributed by atoms with Gasteiger partial charge in [-0.05, 0) is 70.0 Å². The maximum absolute atomic E-state index is 13.0. The van der Waals surface area contributed by atoms with E-state index >= 15 is 0 Å². The molecule has 0 radical (unpaired) electrons. The number of hydrogen-bond donors (Lipinski definition) is 0. The molecule has 0 bridgehead atoms. The number of likely N-dealkylation sites (tertiary alicyclic amines) is 1. The zero-order valence-corrected chi connectivity index (χ0v) is 16.7. The Bertz CT molecular complexity index is 700. The SMILES string of the molecule is Cc1ccc(CN(Cc2ccccn2)C(=O)CC[C@@H]2CCCN(C)C2)s1. The predicted molar refractivity (Wildman–Crippen MR) is 107 cm³/mol. The molecule has 1 aliphatic rings. The fourth-order valence-electron chi connectivity index (χ4n) is 3.67. The summed E-state index contributed by atoms with van der Waals surface area (Å²) in [4.78, 5) is 24.3. The van der Waals surface area contributed by atoms with Crippen LogP contribution in [0.25, 0.3) is 0 Å². The van der Waals surface area contributed by atoms with Gasteiger partial charge < -0.3 is 9.80 Å². The van der Waals surface area contributed by atoms with Gasteiger partial charge >= 0.3 is 0 Å². The second-order valence-electron chi connectivity index (χ2n) is 7.39. The lowest BCUT2D eigenvalue weighted by Crippen LogP contribution is -2.34. The monoisotopic (exact) mass is 371 g/mol. The average Bonchev–Trinajstić information content (AvgIpc) is 3.05. The molecule has 3 heterocycles. The Labute approximate surface area is 160 Å². The summed E-state index contributed by atoms with van der Waals surface area (Å²) in [6.07, 6.45) is 5.93. The van der Waals surface area contributed by atoms with Crippen molar-refractivity contribution >= 4 is 17.2 Å². The van der Waals surface area contributed by atoms with Crippen LogP contribution in [0.5, 0.6) is 0 Å². The van der Waals surface area contributed by atoms with Crippen molar-refractivity contribution in [3.8, 4) is 0 Å². The molecule has 0 aliphatic carbocycles. The molecule has 0 unspecified atom stereocenters. The number of amides is 1. The minimum absolute atomic E-state index is 0.245. The number of rotatable bonds is 7. The van der Waals surface area contributed by atoms with Gasteiger partial charge in [-0.3, -0.25) is 9.78 Å². The maximum atomic E-state index is 13.0. The van der Waals surface area contributed by atoms with E-state index in [0.717, 1.165) is 18.7 Å². The molecule has 0 saturated carbocycles. The summed E-state index contributed by atoms with van der Waals surface area (Å²) in [7, 11) is 2.18. The molecule has 0 spiro atoms. The van der Waals surface area contributed by atoms with Crippen LogP contribution >= 0.6 is 11.3 Å². The number of pyridine rings is 1. The van der Waals surface area contributed by atoms with Crippen LogP contribution in [-0.4, -0.2) is 40.8 Å². The van der Waals surface area contributed by atoms with E-state index in [1.165, 1.54) is 29.1 Å². The van der Waals surface area contributed by atoms with Gasteiger partial charge in [0.05, 0.1) is 18.8 Å². The van der Waals surface area contributed by atoms with Gasteiger partial charge in [-0.15, -0.1) is 11.3 Å². The van der Waals surface area contributed by atoms with E-state index in [-0.39, 0.29) is 5.91 Å². The van der Waals surface area contributed by atoms with Gasteiger partial charge in [-0.25, -0.2) is 0 Å². The number of aryl methyl sites for hydroxylation is 1. The quantitative estimate of drug-likeness (QED) is 0.735. The maximum Gasteiger partial charge on any atom is 0.223 e. The highest BCUT2D eigenvalue weighted by Crippen LogP contribution is 2.22. The largest absolute Gasteiger partial charge is 0.332 e. The third kappa shape index (κ3) is 5.64. The first-order valence-electron chi connectivity index (χ1n) is 9.51. The first-order chi connectivity index (χ1) is 12.6. The van der Waals surface area contributed by atoms with Crippen molar-refractivity contribution in [2.45, 2.75) is 45.7 Å². The molecule has 2 aromatic rings. The smallest absolute Gasteiger partial charge is 0.223 e. The Morgan fingerprint density at radius 2 is 2.19 bits per heavy atom. The van der Waals surface area contributed by atoms with Gasteiger partial charge in [-0.2, -0.15) is 0 Å². The molecule has 1 amide bonds. The van der Waals surface area contributed by atoms with Crippen molar-refractivity contribution in [3.63, 3.8) is 0 Å². The number of piperidine rings is 1. The highest BCUT2D eigenvalue weighted by molar-refractivity contribution is 7.11. The van der Waals surface area contributed by atoms with Crippen LogP contribution in [-0.2, 0) is 17.9 Å². The third-order valence-electron chi connectivity index (χ3n) is 5.06. The van der Waals surface area contributed by atoms with E-state index in [4.69, 9.17) is 0 Å². The zero-order chi connectivity index (χ0) is 18.4. The number of nitrogens with zero attached hydrogens (tertiary/aromatic N) is 3. The number of carbonyl (C=O) groups excluding carboxylic acids is 1. The van der Waals surface area contributed by atoms with Gasteiger partial charge in [0.15, 0.2) is 0 Å². The molecule has 26 heavy (non-hydrogen) atoms. The normalized spacial score (nSPS) is 18.0. The number of carbonyl (C=O) groups is 1. The summed E-state index contributed by atoms with van der Waals surface area (Å²) in [6, 6.07) is 10.2. The standard InChI is InChI=1S/C21H29N3OS/c1-17-8-10-20(26-17)16-24(15-19-7-3-4-12-22-19)21(25)11-9-18-6-5-13-23(2)14-18/h3-4,7-8,10,12,18H,5-6,9,11,13-16H2,1-2H3/t18-/m0/s1. The first-order valence-corrected chi connectivity index (χ1v) is 10.3. The van der Waals surface area contributed by atoms with Crippen molar-refractivity contribution in [1.82, 2.24) is 14.8 Å². The molecule has 0 N–H and O–H groups in total. The molecule has 140 valence electrons. The van der Waals surface area contributed by atoms with Crippen molar-refractivity contribution in [3.05, 3.63) is 52.0 Å². The Morgan fingerprint density at radius 1 is 1.31 bits per heavy atom. The fourth-order valence-corrected chi connectivity index (χ4v) is 4.58. The Morgan fingerprint density at radius 3 is 2.88 bits per heavy atom. The Balaban J connectivity index is 1.62. The number of thiophene rings is 1. The van der Waals surface area contributed by atoms with Crippen LogP contribution in [0, 0.1) is 12.8 Å². The summed E-state index contributed by atoms with van der Waals surface area (Å²) in [5, 5.41) is 0. The molecular weight excluding hydrogens is 342 g/mol. The Kier molecular flexibility index (Phi) is 6.80. The summed E-state index contributed by atoms with van der Waals surface area (Å²) in [6.45, 7) is 5.68. The van der Waals surface area contributed by atoms with Crippen molar-refractivity contribution in [1.29, 1.82) is 0 Å². The van der Waals surface area contributed by atoms with Crippen LogP contribution in [0.15, 0.2) is 36.5 Å². The molecule has 1 saturated heterocycles. The van der Waals surface area contributed by atoms with Crippen LogP contribution in [0.2, 0.25) is 0 Å². The van der Waals surface area contributed by atoms with E-state index in [1.807, 2.05) is 23.1 Å². The van der Waals surface area contributed by atoms with E-state index in [0.29, 0.717) is 25.4 Å². The zero-order valence-electron chi connectivity index (χ0n) is 15.9. The molecule has 3 rings (SSSR count). The molecule has 5 heteroatoms. The molecule has 1 fully saturated rings. The fraction of sp³-hybridized carbons (Fsp3) is 0.524. The van der Waals surface area contributed by atoms with Crippen LogP contribution < -0.4 is 0 Å². The molecule has 1 atom stereocenters. The summed E-state index contributed by atoms with van der Waals surface area (Å²) in [5.74, 6) is 0.897. The van der Waals surface area contributed by atoms with Crippen LogP contribution in [0.4, 0.5) is 0 Å². The lowest BCUT2D eigenvalue weighted by molar-refractivity contribution is -0.132. The summed E-state index contributed by atoms with van der Waals surface area (Å²) < 4.78 is 0. The van der Waals surface area contributed by atoms with E-state index in [1.54, 1.807) is 17.5 Å². The van der Waals surface area contributed by atoms with Crippen molar-refractivity contribution in [2.24, 2.45) is 5.92 Å². The van der Waals surface area contributed by atoms with Gasteiger partial charge in [0.2, 0.25) is 5.91 Å². The van der Waals surface area contributed by atoms with Crippen LogP contribution in [0.1, 0.15) is 41.1 Å². The number of hydrogen-bond acceptors (Lipinski definition) is 4. The molecule has 0 aromatic carbocycles. The van der Waals surface area contributed by atoms with E-state index in [9.17, 15) is 4.79 Å². The highest BCUT2D eigenvalue weighted by Gasteiger charge is 2.21. The second kappa shape index (κ2) is 9.28. The highest BCUT2D eigenvalue weighted by atomic mass is 32.1. The molecule has 4 nitrogen and oxygen atoms in total. The molecule has 2 aromatic heterocycles. The topological polar surface area (TPSA) is 36.4 Å². The second-order valence-corrected chi connectivity index (χ2v) is 8.76. The minimum Gasteiger partial charge on any atom is -0.332 e. The van der Waals surface area contributed by atoms with Crippen LogP contribution in [0.3, 0.4) is 0 Å². The number of aromatic nitrogens is 1.